The Balaban J connectivity index is 1.89. The zero-order chi connectivity index (χ0) is 14.1. The maximum atomic E-state index is 6.22. The van der Waals surface area contributed by atoms with Crippen LogP contribution in [0, 0.1) is 0 Å². The van der Waals surface area contributed by atoms with Gasteiger partial charge in [-0.1, -0.05) is 36.2 Å². The van der Waals surface area contributed by atoms with E-state index in [9.17, 15) is 0 Å². The average Bonchev–Trinajstić information content (AvgIpc) is 2.92. The van der Waals surface area contributed by atoms with Gasteiger partial charge >= 0.3 is 0 Å². The van der Waals surface area contributed by atoms with Crippen LogP contribution in [-0.4, -0.2) is 18.0 Å². The first-order valence-corrected chi connectivity index (χ1v) is 8.22. The van der Waals surface area contributed by atoms with E-state index < -0.39 is 0 Å². The third-order valence-electron chi connectivity index (χ3n) is 3.55. The molecule has 2 aromatic rings. The van der Waals surface area contributed by atoms with Crippen LogP contribution in [0.25, 0.3) is 0 Å². The minimum absolute atomic E-state index is 0.0147. The SMILES string of the molecule is CCN1Cc2sccc2C(Oc2cccc(Cl)c2Cl)C1. The molecule has 0 saturated heterocycles. The van der Waals surface area contributed by atoms with Crippen LogP contribution in [0.3, 0.4) is 0 Å². The Morgan fingerprint density at radius 3 is 3.00 bits per heavy atom. The Labute approximate surface area is 132 Å². The van der Waals surface area contributed by atoms with Crippen LogP contribution < -0.4 is 4.74 Å². The standard InChI is InChI=1S/C15H15Cl2NOS/c1-2-18-8-13(10-6-7-20-14(10)9-18)19-12-5-3-4-11(16)15(12)17/h3-7,13H,2,8-9H2,1H3. The largest absolute Gasteiger partial charge is 0.483 e. The first kappa shape index (κ1) is 14.2. The summed E-state index contributed by atoms with van der Waals surface area (Å²) in [5, 5.41) is 3.14. The van der Waals surface area contributed by atoms with Crippen molar-refractivity contribution in [1.29, 1.82) is 0 Å². The average molecular weight is 328 g/mol. The Hall–Kier alpha value is -0.740. The lowest BCUT2D eigenvalue weighted by molar-refractivity contribution is 0.117. The number of thiophene rings is 1. The summed E-state index contributed by atoms with van der Waals surface area (Å²) in [4.78, 5) is 3.75. The van der Waals surface area contributed by atoms with E-state index in [1.807, 2.05) is 12.1 Å². The van der Waals surface area contributed by atoms with E-state index in [4.69, 9.17) is 27.9 Å². The molecule has 0 bridgehead atoms. The molecule has 1 unspecified atom stereocenters. The first-order chi connectivity index (χ1) is 9.69. The fraction of sp³-hybridized carbons (Fsp3) is 0.333. The maximum Gasteiger partial charge on any atom is 0.140 e. The van der Waals surface area contributed by atoms with Crippen LogP contribution in [-0.2, 0) is 6.54 Å². The van der Waals surface area contributed by atoms with Gasteiger partial charge in [-0.2, -0.15) is 0 Å². The zero-order valence-corrected chi connectivity index (χ0v) is 13.4. The van der Waals surface area contributed by atoms with Crippen molar-refractivity contribution in [1.82, 2.24) is 4.90 Å². The van der Waals surface area contributed by atoms with E-state index in [0.717, 1.165) is 19.6 Å². The summed E-state index contributed by atoms with van der Waals surface area (Å²) in [6, 6.07) is 7.64. The van der Waals surface area contributed by atoms with Crippen LogP contribution in [0.2, 0.25) is 10.0 Å². The van der Waals surface area contributed by atoms with Gasteiger partial charge in [-0.15, -0.1) is 11.3 Å². The predicted octanol–water partition coefficient (Wildman–Crippen LogP) is 5.01. The van der Waals surface area contributed by atoms with Gasteiger partial charge in [0.1, 0.15) is 16.9 Å². The number of halogens is 2. The topological polar surface area (TPSA) is 12.5 Å². The molecule has 3 rings (SSSR count). The lowest BCUT2D eigenvalue weighted by atomic mass is 10.1. The van der Waals surface area contributed by atoms with Gasteiger partial charge in [0.15, 0.2) is 0 Å². The molecule has 1 aromatic heterocycles. The molecular weight excluding hydrogens is 313 g/mol. The molecule has 1 atom stereocenters. The molecule has 0 aliphatic carbocycles. The molecular formula is C15H15Cl2NOS. The number of hydrogen-bond acceptors (Lipinski definition) is 3. The van der Waals surface area contributed by atoms with Gasteiger partial charge in [-0.05, 0) is 30.1 Å². The summed E-state index contributed by atoms with van der Waals surface area (Å²) < 4.78 is 6.13. The van der Waals surface area contributed by atoms with Crippen molar-refractivity contribution < 1.29 is 4.74 Å². The number of ether oxygens (including phenoxy) is 1. The lowest BCUT2D eigenvalue weighted by Gasteiger charge is -2.32. The van der Waals surface area contributed by atoms with E-state index in [1.165, 1.54) is 10.4 Å². The van der Waals surface area contributed by atoms with Crippen LogP contribution in [0.1, 0.15) is 23.5 Å². The number of rotatable bonds is 3. The molecule has 0 fully saturated rings. The number of nitrogens with zero attached hydrogens (tertiary/aromatic N) is 1. The molecule has 2 nitrogen and oxygen atoms in total. The summed E-state index contributed by atoms with van der Waals surface area (Å²) >= 11 is 14.0. The summed E-state index contributed by atoms with van der Waals surface area (Å²) in [5.74, 6) is 0.652. The van der Waals surface area contributed by atoms with Crippen molar-refractivity contribution in [2.24, 2.45) is 0 Å². The summed E-state index contributed by atoms with van der Waals surface area (Å²) in [5.41, 5.74) is 1.27. The second kappa shape index (κ2) is 5.94. The molecule has 2 heterocycles. The molecule has 1 aliphatic rings. The smallest absolute Gasteiger partial charge is 0.140 e. The molecule has 0 spiro atoms. The van der Waals surface area contributed by atoms with Crippen molar-refractivity contribution in [3.05, 3.63) is 50.1 Å². The minimum Gasteiger partial charge on any atom is -0.483 e. The zero-order valence-electron chi connectivity index (χ0n) is 11.1. The molecule has 0 N–H and O–H groups in total. The highest BCUT2D eigenvalue weighted by atomic mass is 35.5. The monoisotopic (exact) mass is 327 g/mol. The highest BCUT2D eigenvalue weighted by Gasteiger charge is 2.27. The van der Waals surface area contributed by atoms with Gasteiger partial charge in [0.25, 0.3) is 0 Å². The predicted molar refractivity (Wildman–Crippen MR) is 85.1 cm³/mol. The fourth-order valence-corrected chi connectivity index (χ4v) is 3.74. The van der Waals surface area contributed by atoms with Gasteiger partial charge in [0.2, 0.25) is 0 Å². The fourth-order valence-electron chi connectivity index (χ4n) is 2.44. The van der Waals surface area contributed by atoms with Crippen LogP contribution in [0.15, 0.2) is 29.6 Å². The summed E-state index contributed by atoms with van der Waals surface area (Å²) in [6.45, 7) is 5.07. The highest BCUT2D eigenvalue weighted by molar-refractivity contribution is 7.10. The van der Waals surface area contributed by atoms with Gasteiger partial charge in [0, 0.05) is 23.5 Å². The lowest BCUT2D eigenvalue weighted by Crippen LogP contribution is -2.34. The van der Waals surface area contributed by atoms with Gasteiger partial charge in [-0.25, -0.2) is 0 Å². The van der Waals surface area contributed by atoms with Crippen LogP contribution >= 0.6 is 34.5 Å². The molecule has 0 saturated carbocycles. The van der Waals surface area contributed by atoms with E-state index in [0.29, 0.717) is 15.8 Å². The normalized spacial score (nSPS) is 18.9. The minimum atomic E-state index is 0.0147. The Morgan fingerprint density at radius 2 is 2.20 bits per heavy atom. The summed E-state index contributed by atoms with van der Waals surface area (Å²) in [6.07, 6.45) is 0.0147. The molecule has 1 aliphatic heterocycles. The second-order valence-electron chi connectivity index (χ2n) is 4.79. The van der Waals surface area contributed by atoms with E-state index in [1.54, 1.807) is 17.4 Å². The van der Waals surface area contributed by atoms with E-state index in [-0.39, 0.29) is 6.10 Å². The number of hydrogen-bond donors (Lipinski definition) is 0. The highest BCUT2D eigenvalue weighted by Crippen LogP contribution is 2.38. The van der Waals surface area contributed by atoms with Crippen molar-refractivity contribution in [3.63, 3.8) is 0 Å². The quantitative estimate of drug-likeness (QED) is 0.785. The molecule has 106 valence electrons. The van der Waals surface area contributed by atoms with Crippen molar-refractivity contribution in [2.75, 3.05) is 13.1 Å². The Bertz CT molecular complexity index is 614. The van der Waals surface area contributed by atoms with Gasteiger partial charge in [0.05, 0.1) is 5.02 Å². The van der Waals surface area contributed by atoms with Crippen molar-refractivity contribution in [3.8, 4) is 5.75 Å². The molecule has 5 heteroatoms. The Kier molecular flexibility index (Phi) is 4.22. The molecule has 1 aromatic carbocycles. The number of benzene rings is 1. The van der Waals surface area contributed by atoms with Crippen LogP contribution in [0.5, 0.6) is 5.75 Å². The molecule has 0 amide bonds. The first-order valence-electron chi connectivity index (χ1n) is 6.58. The van der Waals surface area contributed by atoms with Gasteiger partial charge in [-0.3, -0.25) is 4.90 Å². The Morgan fingerprint density at radius 1 is 1.35 bits per heavy atom. The third-order valence-corrected chi connectivity index (χ3v) is 5.27. The van der Waals surface area contributed by atoms with E-state index >= 15 is 0 Å². The van der Waals surface area contributed by atoms with Crippen molar-refractivity contribution >= 4 is 34.5 Å². The van der Waals surface area contributed by atoms with Crippen LogP contribution in [0.4, 0.5) is 0 Å². The second-order valence-corrected chi connectivity index (χ2v) is 6.57. The van der Waals surface area contributed by atoms with E-state index in [2.05, 4.69) is 23.3 Å². The maximum absolute atomic E-state index is 6.22. The summed E-state index contributed by atoms with van der Waals surface area (Å²) in [7, 11) is 0. The van der Waals surface area contributed by atoms with Crippen molar-refractivity contribution in [2.45, 2.75) is 19.6 Å². The molecule has 20 heavy (non-hydrogen) atoms. The molecule has 0 radical (unpaired) electrons. The third kappa shape index (κ3) is 2.68. The number of likely N-dealkylation sites (N-methyl/N-ethyl adjacent to an activating group) is 1. The number of fused-ring (bicyclic) bond motifs is 1. The van der Waals surface area contributed by atoms with Gasteiger partial charge < -0.3 is 4.74 Å².